The third-order valence-corrected chi connectivity index (χ3v) is 4.04. The molecule has 0 unspecified atom stereocenters. The summed E-state index contributed by atoms with van der Waals surface area (Å²) in [7, 11) is 0. The van der Waals surface area contributed by atoms with E-state index in [1.807, 2.05) is 21.8 Å². The molecule has 0 atom stereocenters. The van der Waals surface area contributed by atoms with Gasteiger partial charge in [-0.05, 0) is 29.3 Å². The van der Waals surface area contributed by atoms with E-state index in [1.54, 1.807) is 0 Å². The van der Waals surface area contributed by atoms with Crippen LogP contribution in [0, 0.1) is 0 Å². The van der Waals surface area contributed by atoms with Crippen LogP contribution in [0.4, 0.5) is 0 Å². The maximum atomic E-state index is 5.76. The number of aryl methyl sites for hydroxylation is 2. The van der Waals surface area contributed by atoms with E-state index in [0.29, 0.717) is 5.88 Å². The molecule has 0 spiro atoms. The molecule has 2 aromatic heterocycles. The fourth-order valence-corrected chi connectivity index (χ4v) is 2.73. The van der Waals surface area contributed by atoms with Gasteiger partial charge in [0.1, 0.15) is 0 Å². The van der Waals surface area contributed by atoms with Gasteiger partial charge in [-0.15, -0.1) is 11.6 Å². The molecule has 0 radical (unpaired) electrons. The Morgan fingerprint density at radius 1 is 1.39 bits per heavy atom. The van der Waals surface area contributed by atoms with Crippen molar-refractivity contribution in [2.75, 3.05) is 0 Å². The zero-order valence-corrected chi connectivity index (χ0v) is 12.9. The minimum atomic E-state index is 0.446. The van der Waals surface area contributed by atoms with Crippen LogP contribution in [0.25, 0.3) is 0 Å². The lowest BCUT2D eigenvalue weighted by molar-refractivity contribution is 0.594. The molecular weight excluding hydrogens is 316 g/mol. The second-order valence-electron chi connectivity index (χ2n) is 4.05. The predicted octanol–water partition coefficient (Wildman–Crippen LogP) is 3.21. The molecule has 0 saturated heterocycles. The molecule has 0 aliphatic heterocycles. The summed E-state index contributed by atoms with van der Waals surface area (Å²) in [5, 5.41) is 4.58. The highest BCUT2D eigenvalue weighted by Gasteiger charge is 2.14. The molecule has 98 valence electrons. The minimum absolute atomic E-state index is 0.446. The SMILES string of the molecule is CCc1nn(CC)c(Cn2cnc(CCl)c2)c1Br. The molecule has 2 aromatic rings. The zero-order chi connectivity index (χ0) is 13.1. The average Bonchev–Trinajstić information content (AvgIpc) is 2.96. The summed E-state index contributed by atoms with van der Waals surface area (Å²) in [6, 6.07) is 0. The molecule has 0 saturated carbocycles. The normalized spacial score (nSPS) is 11.1. The molecule has 6 heteroatoms. The third kappa shape index (κ3) is 2.62. The summed E-state index contributed by atoms with van der Waals surface area (Å²) in [6.45, 7) is 5.83. The smallest absolute Gasteiger partial charge is 0.0953 e. The van der Waals surface area contributed by atoms with Crippen LogP contribution in [-0.4, -0.2) is 19.3 Å². The molecule has 2 heterocycles. The quantitative estimate of drug-likeness (QED) is 0.789. The van der Waals surface area contributed by atoms with Crippen molar-refractivity contribution < 1.29 is 0 Å². The number of imidazole rings is 1. The molecule has 0 N–H and O–H groups in total. The van der Waals surface area contributed by atoms with Crippen molar-refractivity contribution in [3.8, 4) is 0 Å². The Labute approximate surface area is 120 Å². The fraction of sp³-hybridized carbons (Fsp3) is 0.500. The van der Waals surface area contributed by atoms with Crippen molar-refractivity contribution in [3.05, 3.63) is 34.1 Å². The van der Waals surface area contributed by atoms with Gasteiger partial charge >= 0.3 is 0 Å². The molecule has 0 amide bonds. The van der Waals surface area contributed by atoms with Crippen LogP contribution in [0.1, 0.15) is 30.9 Å². The largest absolute Gasteiger partial charge is 0.331 e. The lowest BCUT2D eigenvalue weighted by atomic mass is 10.3. The highest BCUT2D eigenvalue weighted by atomic mass is 79.9. The van der Waals surface area contributed by atoms with Crippen LogP contribution in [0.5, 0.6) is 0 Å². The summed E-state index contributed by atoms with van der Waals surface area (Å²) < 4.78 is 5.17. The van der Waals surface area contributed by atoms with Gasteiger partial charge in [0.2, 0.25) is 0 Å². The summed E-state index contributed by atoms with van der Waals surface area (Å²) in [6.07, 6.45) is 4.71. The number of alkyl halides is 1. The van der Waals surface area contributed by atoms with Gasteiger partial charge in [-0.3, -0.25) is 4.68 Å². The average molecular weight is 332 g/mol. The second-order valence-corrected chi connectivity index (χ2v) is 5.11. The lowest BCUT2D eigenvalue weighted by Gasteiger charge is -2.06. The molecule has 18 heavy (non-hydrogen) atoms. The maximum Gasteiger partial charge on any atom is 0.0953 e. The molecule has 0 fully saturated rings. The Kier molecular flexibility index (Phi) is 4.45. The topological polar surface area (TPSA) is 35.6 Å². The Morgan fingerprint density at radius 2 is 2.17 bits per heavy atom. The summed E-state index contributed by atoms with van der Waals surface area (Å²) in [4.78, 5) is 4.23. The summed E-state index contributed by atoms with van der Waals surface area (Å²) in [5.41, 5.74) is 3.17. The van der Waals surface area contributed by atoms with E-state index in [1.165, 1.54) is 5.69 Å². The third-order valence-electron chi connectivity index (χ3n) is 2.85. The van der Waals surface area contributed by atoms with Gasteiger partial charge in [0, 0.05) is 12.7 Å². The Bertz CT molecular complexity index is 532. The minimum Gasteiger partial charge on any atom is -0.331 e. The molecule has 0 bridgehead atoms. The van der Waals surface area contributed by atoms with E-state index in [4.69, 9.17) is 11.6 Å². The Morgan fingerprint density at radius 3 is 2.72 bits per heavy atom. The maximum absolute atomic E-state index is 5.76. The van der Waals surface area contributed by atoms with Gasteiger partial charge in [-0.2, -0.15) is 5.10 Å². The van der Waals surface area contributed by atoms with Gasteiger partial charge in [-0.1, -0.05) is 6.92 Å². The van der Waals surface area contributed by atoms with E-state index in [-0.39, 0.29) is 0 Å². The van der Waals surface area contributed by atoms with E-state index >= 15 is 0 Å². The first kappa shape index (κ1) is 13.6. The molecular formula is C12H16BrClN4. The van der Waals surface area contributed by atoms with Gasteiger partial charge in [0.05, 0.1) is 40.3 Å². The van der Waals surface area contributed by atoms with Crippen LogP contribution in [-0.2, 0) is 25.4 Å². The summed E-state index contributed by atoms with van der Waals surface area (Å²) in [5.74, 6) is 0.446. The number of halogens is 2. The van der Waals surface area contributed by atoms with Crippen LogP contribution in [0.15, 0.2) is 17.0 Å². The molecule has 2 rings (SSSR count). The number of rotatable bonds is 5. The van der Waals surface area contributed by atoms with Crippen molar-refractivity contribution in [1.29, 1.82) is 0 Å². The van der Waals surface area contributed by atoms with Crippen molar-refractivity contribution in [3.63, 3.8) is 0 Å². The van der Waals surface area contributed by atoms with Crippen LogP contribution < -0.4 is 0 Å². The van der Waals surface area contributed by atoms with E-state index in [9.17, 15) is 0 Å². The standard InChI is InChI=1S/C12H16BrClN4/c1-3-10-12(13)11(18(4-2)16-10)7-17-6-9(5-14)15-8-17/h6,8H,3-5,7H2,1-2H3. The highest BCUT2D eigenvalue weighted by Crippen LogP contribution is 2.23. The molecule has 0 aliphatic carbocycles. The van der Waals surface area contributed by atoms with Crippen molar-refractivity contribution in [2.24, 2.45) is 0 Å². The van der Waals surface area contributed by atoms with E-state index < -0.39 is 0 Å². The summed E-state index contributed by atoms with van der Waals surface area (Å²) >= 11 is 9.40. The fourth-order valence-electron chi connectivity index (χ4n) is 1.90. The van der Waals surface area contributed by atoms with Crippen LogP contribution >= 0.6 is 27.5 Å². The molecule has 0 aromatic carbocycles. The Balaban J connectivity index is 2.29. The zero-order valence-electron chi connectivity index (χ0n) is 10.5. The molecule has 0 aliphatic rings. The number of aromatic nitrogens is 4. The number of hydrogen-bond acceptors (Lipinski definition) is 2. The Hall–Kier alpha value is -0.810. The second kappa shape index (κ2) is 5.89. The van der Waals surface area contributed by atoms with Crippen molar-refractivity contribution in [2.45, 2.75) is 39.2 Å². The number of hydrogen-bond donors (Lipinski definition) is 0. The van der Waals surface area contributed by atoms with Gasteiger partial charge < -0.3 is 4.57 Å². The molecule has 4 nitrogen and oxygen atoms in total. The van der Waals surface area contributed by atoms with Gasteiger partial charge in [0.25, 0.3) is 0 Å². The van der Waals surface area contributed by atoms with Crippen LogP contribution in [0.3, 0.4) is 0 Å². The first-order valence-corrected chi connectivity index (χ1v) is 7.33. The first-order chi connectivity index (χ1) is 8.69. The first-order valence-electron chi connectivity index (χ1n) is 6.00. The predicted molar refractivity (Wildman–Crippen MR) is 75.9 cm³/mol. The van der Waals surface area contributed by atoms with Crippen molar-refractivity contribution >= 4 is 27.5 Å². The van der Waals surface area contributed by atoms with Crippen molar-refractivity contribution in [1.82, 2.24) is 19.3 Å². The van der Waals surface area contributed by atoms with Gasteiger partial charge in [0.15, 0.2) is 0 Å². The highest BCUT2D eigenvalue weighted by molar-refractivity contribution is 9.10. The lowest BCUT2D eigenvalue weighted by Crippen LogP contribution is -2.07. The van der Waals surface area contributed by atoms with Gasteiger partial charge in [-0.25, -0.2) is 4.98 Å². The number of nitrogens with zero attached hydrogens (tertiary/aromatic N) is 4. The van der Waals surface area contributed by atoms with E-state index in [0.717, 1.165) is 35.4 Å². The van der Waals surface area contributed by atoms with E-state index in [2.05, 4.69) is 39.9 Å². The van der Waals surface area contributed by atoms with Crippen LogP contribution in [0.2, 0.25) is 0 Å². The monoisotopic (exact) mass is 330 g/mol.